The third kappa shape index (κ3) is 3.21. The van der Waals surface area contributed by atoms with Crippen LogP contribution in [0.3, 0.4) is 0 Å². The molecule has 4 aliphatic rings. The molecule has 0 spiro atoms. The molecule has 4 aliphatic carbocycles. The van der Waals surface area contributed by atoms with Crippen molar-refractivity contribution in [1.82, 2.24) is 0 Å². The van der Waals surface area contributed by atoms with Crippen molar-refractivity contribution in [3.8, 4) is 0 Å². The van der Waals surface area contributed by atoms with Gasteiger partial charge in [-0.25, -0.2) is 0 Å². The lowest BCUT2D eigenvalue weighted by molar-refractivity contribution is 0.0479. The largest absolute Gasteiger partial charge is 0.516 e. The van der Waals surface area contributed by atoms with E-state index in [9.17, 15) is 0 Å². The van der Waals surface area contributed by atoms with Gasteiger partial charge in [0.2, 0.25) is 0 Å². The Bertz CT molecular complexity index is 682. The van der Waals surface area contributed by atoms with Crippen LogP contribution in [0.2, 0.25) is 0 Å². The summed E-state index contributed by atoms with van der Waals surface area (Å²) < 4.78 is 0. The minimum absolute atomic E-state index is 0.474. The van der Waals surface area contributed by atoms with Gasteiger partial charge in [-0.2, -0.15) is 0 Å². The Morgan fingerprint density at radius 3 is 2.75 bits per heavy atom. The van der Waals surface area contributed by atoms with Gasteiger partial charge in [-0.1, -0.05) is 56.9 Å². The number of hydrogen-bond donors (Lipinski definition) is 1. The summed E-state index contributed by atoms with van der Waals surface area (Å²) in [5.41, 5.74) is 5.72. The van der Waals surface area contributed by atoms with Crippen LogP contribution in [-0.2, 0) is 0 Å². The predicted octanol–water partition coefficient (Wildman–Crippen LogP) is 8.14. The zero-order valence-corrected chi connectivity index (χ0v) is 18.8. The van der Waals surface area contributed by atoms with Crippen molar-refractivity contribution in [2.75, 3.05) is 0 Å². The van der Waals surface area contributed by atoms with Crippen molar-refractivity contribution in [3.05, 3.63) is 35.1 Å². The highest BCUT2D eigenvalue weighted by Crippen LogP contribution is 2.66. The van der Waals surface area contributed by atoms with Crippen LogP contribution in [0.25, 0.3) is 0 Å². The van der Waals surface area contributed by atoms with Gasteiger partial charge < -0.3 is 5.11 Å². The normalized spacial score (nSPS) is 41.4. The van der Waals surface area contributed by atoms with Gasteiger partial charge in [0.05, 0.1) is 6.26 Å². The molecule has 4 rings (SSSR count). The van der Waals surface area contributed by atoms with Gasteiger partial charge >= 0.3 is 0 Å². The van der Waals surface area contributed by atoms with E-state index in [1.54, 1.807) is 5.57 Å². The molecule has 156 valence electrons. The monoisotopic (exact) mass is 382 g/mol. The number of fused-ring (bicyclic) bond motifs is 5. The van der Waals surface area contributed by atoms with E-state index in [2.05, 4.69) is 32.9 Å². The fourth-order valence-electron chi connectivity index (χ4n) is 7.98. The summed E-state index contributed by atoms with van der Waals surface area (Å²) in [6.07, 6.45) is 21.3. The second kappa shape index (κ2) is 7.69. The second-order valence-electron chi connectivity index (χ2n) is 11.2. The topological polar surface area (TPSA) is 20.2 Å². The van der Waals surface area contributed by atoms with Crippen LogP contribution in [0.4, 0.5) is 0 Å². The Balaban J connectivity index is 1.50. The van der Waals surface area contributed by atoms with Crippen LogP contribution in [0.5, 0.6) is 0 Å². The first-order valence-electron chi connectivity index (χ1n) is 12.1. The average Bonchev–Trinajstić information content (AvgIpc) is 3.04. The Morgan fingerprint density at radius 2 is 1.96 bits per heavy atom. The zero-order valence-electron chi connectivity index (χ0n) is 18.8. The average molecular weight is 383 g/mol. The Morgan fingerprint density at radius 1 is 1.14 bits per heavy atom. The third-order valence-corrected chi connectivity index (χ3v) is 9.70. The Hall–Kier alpha value is -0.980. The highest BCUT2D eigenvalue weighted by Gasteiger charge is 2.56. The highest BCUT2D eigenvalue weighted by atomic mass is 16.2. The fraction of sp³-hybridized carbons (Fsp3) is 0.778. The second-order valence-corrected chi connectivity index (χ2v) is 11.2. The maximum Gasteiger partial charge on any atom is 0.0780 e. The molecule has 0 unspecified atom stereocenters. The van der Waals surface area contributed by atoms with Crippen molar-refractivity contribution in [3.63, 3.8) is 0 Å². The molecular formula is C27H42O. The van der Waals surface area contributed by atoms with Gasteiger partial charge in [0.1, 0.15) is 0 Å². The lowest BCUT2D eigenvalue weighted by Gasteiger charge is -2.54. The molecule has 3 fully saturated rings. The van der Waals surface area contributed by atoms with E-state index in [1.807, 2.05) is 12.5 Å². The number of aliphatic hydroxyl groups is 1. The summed E-state index contributed by atoms with van der Waals surface area (Å²) >= 11 is 0. The number of hydrogen-bond acceptors (Lipinski definition) is 1. The van der Waals surface area contributed by atoms with E-state index >= 15 is 0 Å². The first kappa shape index (κ1) is 20.3. The van der Waals surface area contributed by atoms with Crippen LogP contribution in [0.1, 0.15) is 98.3 Å². The number of aliphatic hydroxyl groups excluding tert-OH is 1. The predicted molar refractivity (Wildman–Crippen MR) is 119 cm³/mol. The first-order valence-corrected chi connectivity index (χ1v) is 12.1. The van der Waals surface area contributed by atoms with Gasteiger partial charge in [-0.05, 0) is 105 Å². The summed E-state index contributed by atoms with van der Waals surface area (Å²) in [6.45, 7) is 9.80. The van der Waals surface area contributed by atoms with E-state index in [4.69, 9.17) is 5.11 Å². The fourth-order valence-corrected chi connectivity index (χ4v) is 7.98. The molecule has 0 heterocycles. The van der Waals surface area contributed by atoms with Crippen LogP contribution in [0.15, 0.2) is 35.1 Å². The third-order valence-electron chi connectivity index (χ3n) is 9.70. The maximum absolute atomic E-state index is 9.15. The molecule has 0 aromatic carbocycles. The minimum Gasteiger partial charge on any atom is -0.516 e. The van der Waals surface area contributed by atoms with Crippen LogP contribution in [0, 0.1) is 34.5 Å². The Kier molecular flexibility index (Phi) is 5.58. The minimum atomic E-state index is 0.474. The molecule has 0 amide bonds. The number of rotatable bonds is 5. The van der Waals surface area contributed by atoms with E-state index in [1.165, 1.54) is 70.5 Å². The molecule has 0 radical (unpaired) electrons. The first-order chi connectivity index (χ1) is 13.4. The van der Waals surface area contributed by atoms with Crippen molar-refractivity contribution >= 4 is 0 Å². The van der Waals surface area contributed by atoms with Crippen molar-refractivity contribution in [2.45, 2.75) is 98.3 Å². The van der Waals surface area contributed by atoms with Crippen LogP contribution < -0.4 is 0 Å². The van der Waals surface area contributed by atoms with Crippen molar-refractivity contribution < 1.29 is 5.11 Å². The summed E-state index contributed by atoms with van der Waals surface area (Å²) in [5, 5.41) is 9.15. The summed E-state index contributed by atoms with van der Waals surface area (Å²) in [7, 11) is 0. The summed E-state index contributed by atoms with van der Waals surface area (Å²) in [6, 6.07) is 0. The molecule has 6 atom stereocenters. The summed E-state index contributed by atoms with van der Waals surface area (Å²) in [4.78, 5) is 0. The maximum atomic E-state index is 9.15. The molecule has 3 saturated carbocycles. The molecule has 28 heavy (non-hydrogen) atoms. The molecule has 0 aromatic rings. The number of allylic oxidation sites excluding steroid dienone is 5. The van der Waals surface area contributed by atoms with E-state index in [-0.39, 0.29) is 0 Å². The van der Waals surface area contributed by atoms with E-state index in [0.29, 0.717) is 10.8 Å². The molecule has 1 heteroatoms. The standard InChI is InChI=1S/C27H42O/c1-19(18-28)8-7-9-20(2)23-13-14-24-22-12-11-21-10-5-6-16-26(21,3)25(22)15-17-27(23,24)4/h11-12,18,20,23-25,28H,5-10,13-17H2,1-4H3/t20-,23-,24+,25+,26+,27-/m1/s1. The Labute approximate surface area is 173 Å². The van der Waals surface area contributed by atoms with Crippen molar-refractivity contribution in [1.29, 1.82) is 0 Å². The molecule has 0 aromatic heterocycles. The lowest BCUT2D eigenvalue weighted by Crippen LogP contribution is -2.45. The molecule has 0 saturated heterocycles. The molecule has 0 aliphatic heterocycles. The van der Waals surface area contributed by atoms with Gasteiger partial charge in [-0.15, -0.1) is 0 Å². The lowest BCUT2D eigenvalue weighted by atomic mass is 9.50. The van der Waals surface area contributed by atoms with E-state index in [0.717, 1.165) is 35.7 Å². The van der Waals surface area contributed by atoms with Crippen LogP contribution in [-0.4, -0.2) is 5.11 Å². The zero-order chi connectivity index (χ0) is 19.9. The van der Waals surface area contributed by atoms with Gasteiger partial charge in [0, 0.05) is 0 Å². The van der Waals surface area contributed by atoms with Gasteiger partial charge in [0.25, 0.3) is 0 Å². The van der Waals surface area contributed by atoms with Crippen LogP contribution >= 0.6 is 0 Å². The molecule has 1 N–H and O–H groups in total. The van der Waals surface area contributed by atoms with E-state index < -0.39 is 0 Å². The quantitative estimate of drug-likeness (QED) is 0.476. The molecular weight excluding hydrogens is 340 g/mol. The van der Waals surface area contributed by atoms with Gasteiger partial charge in [0.15, 0.2) is 0 Å². The van der Waals surface area contributed by atoms with Crippen molar-refractivity contribution in [2.24, 2.45) is 34.5 Å². The van der Waals surface area contributed by atoms with Gasteiger partial charge in [-0.3, -0.25) is 0 Å². The summed E-state index contributed by atoms with van der Waals surface area (Å²) in [5.74, 6) is 3.34. The highest BCUT2D eigenvalue weighted by molar-refractivity contribution is 5.38. The SMILES string of the molecule is CC(=CO)CCC[C@@H](C)[C@H]1CC[C@H]2C3=CC=C4CCCC[C@]4(C)[C@H]3CC[C@]12C. The molecule has 1 nitrogen and oxygen atoms in total. The smallest absolute Gasteiger partial charge is 0.0780 e. The molecule has 0 bridgehead atoms.